The standard InChI is InChI=1S/C20H30N2O2S/c1-2-3-4-5-8-15-24-18-13-11-16(12-14-18)19(23)22-20(25)21-17-9-6-7-10-17/h11-14,17H,2-10,15H2,1H3,(H2,21,22,23,25). The first kappa shape index (κ1) is 19.7. The molecule has 0 aromatic heterocycles. The molecule has 1 amide bonds. The second kappa shape index (κ2) is 11.1. The first-order chi connectivity index (χ1) is 12.2. The summed E-state index contributed by atoms with van der Waals surface area (Å²) >= 11 is 5.23. The first-order valence-electron chi connectivity index (χ1n) is 9.53. The number of ether oxygens (including phenoxy) is 1. The van der Waals surface area contributed by atoms with E-state index in [-0.39, 0.29) is 5.91 Å². The molecule has 0 atom stereocenters. The second-order valence-electron chi connectivity index (χ2n) is 6.70. The Balaban J connectivity index is 1.69. The lowest BCUT2D eigenvalue weighted by molar-refractivity contribution is 0.0976. The average molecular weight is 363 g/mol. The highest BCUT2D eigenvalue weighted by atomic mass is 32.1. The van der Waals surface area contributed by atoms with Crippen LogP contribution in [0.15, 0.2) is 24.3 Å². The lowest BCUT2D eigenvalue weighted by Gasteiger charge is -2.15. The lowest BCUT2D eigenvalue weighted by atomic mass is 10.2. The van der Waals surface area contributed by atoms with E-state index in [0.29, 0.717) is 16.7 Å². The van der Waals surface area contributed by atoms with Gasteiger partial charge in [0.15, 0.2) is 5.11 Å². The number of rotatable bonds is 9. The Morgan fingerprint density at radius 1 is 1.12 bits per heavy atom. The fourth-order valence-corrected chi connectivity index (χ4v) is 3.32. The minimum atomic E-state index is -0.179. The molecule has 0 aliphatic heterocycles. The number of thiocarbonyl (C=S) groups is 1. The molecule has 2 rings (SSSR count). The molecule has 25 heavy (non-hydrogen) atoms. The summed E-state index contributed by atoms with van der Waals surface area (Å²) in [5.74, 6) is 0.625. The SMILES string of the molecule is CCCCCCCOc1ccc(C(=O)NC(=S)NC2CCCC2)cc1. The van der Waals surface area contributed by atoms with Gasteiger partial charge in [0, 0.05) is 11.6 Å². The van der Waals surface area contributed by atoms with Gasteiger partial charge >= 0.3 is 0 Å². The fraction of sp³-hybridized carbons (Fsp3) is 0.600. The molecule has 0 heterocycles. The molecule has 1 saturated carbocycles. The van der Waals surface area contributed by atoms with Crippen molar-refractivity contribution in [2.45, 2.75) is 70.8 Å². The van der Waals surface area contributed by atoms with Crippen LogP contribution in [0.4, 0.5) is 0 Å². The van der Waals surface area contributed by atoms with Gasteiger partial charge in [-0.2, -0.15) is 0 Å². The van der Waals surface area contributed by atoms with Gasteiger partial charge in [-0.25, -0.2) is 0 Å². The minimum Gasteiger partial charge on any atom is -0.494 e. The molecule has 2 N–H and O–H groups in total. The Bertz CT molecular complexity index is 539. The summed E-state index contributed by atoms with van der Waals surface area (Å²) in [6.45, 7) is 2.94. The summed E-state index contributed by atoms with van der Waals surface area (Å²) < 4.78 is 5.72. The van der Waals surface area contributed by atoms with E-state index in [0.717, 1.165) is 31.6 Å². The van der Waals surface area contributed by atoms with E-state index in [1.807, 2.05) is 12.1 Å². The van der Waals surface area contributed by atoms with Gasteiger partial charge in [0.2, 0.25) is 0 Å². The van der Waals surface area contributed by atoms with Crippen molar-refractivity contribution in [3.8, 4) is 5.75 Å². The molecular weight excluding hydrogens is 332 g/mol. The van der Waals surface area contributed by atoms with Crippen molar-refractivity contribution in [1.82, 2.24) is 10.6 Å². The van der Waals surface area contributed by atoms with Crippen LogP contribution >= 0.6 is 12.2 Å². The molecule has 4 nitrogen and oxygen atoms in total. The number of hydrogen-bond donors (Lipinski definition) is 2. The van der Waals surface area contributed by atoms with E-state index in [9.17, 15) is 4.79 Å². The van der Waals surface area contributed by atoms with Crippen LogP contribution in [0.2, 0.25) is 0 Å². The number of nitrogens with one attached hydrogen (secondary N) is 2. The molecule has 138 valence electrons. The summed E-state index contributed by atoms with van der Waals surface area (Å²) in [7, 11) is 0. The summed E-state index contributed by atoms with van der Waals surface area (Å²) in [5, 5.41) is 6.39. The molecule has 5 heteroatoms. The van der Waals surface area contributed by atoms with E-state index in [4.69, 9.17) is 17.0 Å². The van der Waals surface area contributed by atoms with E-state index in [1.54, 1.807) is 12.1 Å². The Hall–Kier alpha value is -1.62. The van der Waals surface area contributed by atoms with Gasteiger partial charge in [-0.15, -0.1) is 0 Å². The van der Waals surface area contributed by atoms with Crippen molar-refractivity contribution in [3.63, 3.8) is 0 Å². The van der Waals surface area contributed by atoms with Crippen molar-refractivity contribution in [2.24, 2.45) is 0 Å². The quantitative estimate of drug-likeness (QED) is 0.498. The van der Waals surface area contributed by atoms with Crippen LogP contribution in [0.5, 0.6) is 5.75 Å². The maximum Gasteiger partial charge on any atom is 0.257 e. The molecule has 1 aliphatic rings. The van der Waals surface area contributed by atoms with E-state index < -0.39 is 0 Å². The predicted octanol–water partition coefficient (Wildman–Crippen LogP) is 4.58. The maximum absolute atomic E-state index is 12.2. The van der Waals surface area contributed by atoms with Crippen LogP contribution in [0.25, 0.3) is 0 Å². The highest BCUT2D eigenvalue weighted by molar-refractivity contribution is 7.80. The van der Waals surface area contributed by atoms with Crippen LogP contribution in [-0.4, -0.2) is 23.7 Å². The van der Waals surface area contributed by atoms with Crippen LogP contribution in [0.1, 0.15) is 75.1 Å². The van der Waals surface area contributed by atoms with E-state index in [2.05, 4.69) is 17.6 Å². The van der Waals surface area contributed by atoms with Crippen molar-refractivity contribution in [1.29, 1.82) is 0 Å². The molecule has 1 aliphatic carbocycles. The zero-order chi connectivity index (χ0) is 17.9. The van der Waals surface area contributed by atoms with Gasteiger partial charge in [-0.05, 0) is 55.7 Å². The second-order valence-corrected chi connectivity index (χ2v) is 7.10. The monoisotopic (exact) mass is 362 g/mol. The molecule has 0 spiro atoms. The van der Waals surface area contributed by atoms with Crippen molar-refractivity contribution >= 4 is 23.2 Å². The lowest BCUT2D eigenvalue weighted by Crippen LogP contribution is -2.43. The summed E-state index contributed by atoms with van der Waals surface area (Å²) in [4.78, 5) is 12.2. The fourth-order valence-electron chi connectivity index (χ4n) is 3.07. The van der Waals surface area contributed by atoms with Crippen molar-refractivity contribution < 1.29 is 9.53 Å². The van der Waals surface area contributed by atoms with Crippen LogP contribution in [-0.2, 0) is 0 Å². The molecule has 1 fully saturated rings. The Labute approximate surface area is 156 Å². The predicted molar refractivity (Wildman–Crippen MR) is 106 cm³/mol. The molecule has 0 saturated heterocycles. The average Bonchev–Trinajstić information content (AvgIpc) is 3.11. The normalized spacial score (nSPS) is 14.3. The number of carbonyl (C=O) groups is 1. The van der Waals surface area contributed by atoms with Gasteiger partial charge in [-0.1, -0.05) is 45.4 Å². The third kappa shape index (κ3) is 7.43. The van der Waals surface area contributed by atoms with Gasteiger partial charge in [-0.3, -0.25) is 10.1 Å². The van der Waals surface area contributed by atoms with Crippen molar-refractivity contribution in [2.75, 3.05) is 6.61 Å². The number of amides is 1. The highest BCUT2D eigenvalue weighted by Crippen LogP contribution is 2.17. The molecule has 0 radical (unpaired) electrons. The van der Waals surface area contributed by atoms with Gasteiger partial charge in [0.25, 0.3) is 5.91 Å². The molecule has 1 aromatic rings. The zero-order valence-electron chi connectivity index (χ0n) is 15.2. The Morgan fingerprint density at radius 2 is 1.80 bits per heavy atom. The Kier molecular flexibility index (Phi) is 8.73. The van der Waals surface area contributed by atoms with Crippen LogP contribution < -0.4 is 15.4 Å². The number of hydrogen-bond acceptors (Lipinski definition) is 3. The molecule has 0 bridgehead atoms. The highest BCUT2D eigenvalue weighted by Gasteiger charge is 2.16. The smallest absolute Gasteiger partial charge is 0.257 e. The van der Waals surface area contributed by atoms with Crippen molar-refractivity contribution in [3.05, 3.63) is 29.8 Å². The maximum atomic E-state index is 12.2. The zero-order valence-corrected chi connectivity index (χ0v) is 16.0. The third-order valence-electron chi connectivity index (χ3n) is 4.55. The van der Waals surface area contributed by atoms with E-state index in [1.165, 1.54) is 38.5 Å². The largest absolute Gasteiger partial charge is 0.494 e. The van der Waals surface area contributed by atoms with Crippen LogP contribution in [0.3, 0.4) is 0 Å². The molecular formula is C20H30N2O2S. The third-order valence-corrected chi connectivity index (χ3v) is 4.77. The topological polar surface area (TPSA) is 50.4 Å². The molecule has 0 unspecified atom stereocenters. The van der Waals surface area contributed by atoms with Crippen LogP contribution in [0, 0.1) is 0 Å². The molecule has 1 aromatic carbocycles. The summed E-state index contributed by atoms with van der Waals surface area (Å²) in [6.07, 6.45) is 10.8. The van der Waals surface area contributed by atoms with E-state index >= 15 is 0 Å². The van der Waals surface area contributed by atoms with Gasteiger partial charge in [0.05, 0.1) is 6.61 Å². The summed E-state index contributed by atoms with van der Waals surface area (Å²) in [6, 6.07) is 7.64. The number of unbranched alkanes of at least 4 members (excludes halogenated alkanes) is 4. The first-order valence-corrected chi connectivity index (χ1v) is 9.94. The number of carbonyl (C=O) groups excluding carboxylic acids is 1. The number of benzene rings is 1. The minimum absolute atomic E-state index is 0.179. The summed E-state index contributed by atoms with van der Waals surface area (Å²) in [5.41, 5.74) is 0.589. The van der Waals surface area contributed by atoms with Gasteiger partial charge < -0.3 is 10.1 Å². The van der Waals surface area contributed by atoms with Gasteiger partial charge in [0.1, 0.15) is 5.75 Å². The Morgan fingerprint density at radius 3 is 2.48 bits per heavy atom.